The van der Waals surface area contributed by atoms with Crippen LogP contribution in [0.2, 0.25) is 5.02 Å². The van der Waals surface area contributed by atoms with Crippen molar-refractivity contribution in [2.45, 2.75) is 11.7 Å². The number of halogens is 1. The van der Waals surface area contributed by atoms with Gasteiger partial charge >= 0.3 is 0 Å². The first-order valence-electron chi connectivity index (χ1n) is 10.4. The molecule has 1 aromatic heterocycles. The van der Waals surface area contributed by atoms with Crippen LogP contribution in [0.1, 0.15) is 26.3 Å². The zero-order valence-corrected chi connectivity index (χ0v) is 19.1. The molecular weight excluding hydrogens is 456 g/mol. The number of nitrogens with zero attached hydrogens (tertiary/aromatic N) is 4. The number of amides is 2. The van der Waals surface area contributed by atoms with Crippen LogP contribution < -0.4 is 0 Å². The van der Waals surface area contributed by atoms with E-state index in [1.807, 2.05) is 59.2 Å². The monoisotopic (exact) mass is 474 g/mol. The highest BCUT2D eigenvalue weighted by Crippen LogP contribution is 2.30. The summed E-state index contributed by atoms with van der Waals surface area (Å²) in [6.45, 7) is 0.861. The van der Waals surface area contributed by atoms with Crippen molar-refractivity contribution in [1.82, 2.24) is 19.7 Å². The van der Waals surface area contributed by atoms with Crippen molar-refractivity contribution in [2.24, 2.45) is 0 Å². The molecular formula is C25H19ClN4O2S. The van der Waals surface area contributed by atoms with Gasteiger partial charge in [0.15, 0.2) is 11.0 Å². The van der Waals surface area contributed by atoms with Crippen molar-refractivity contribution < 1.29 is 9.59 Å². The van der Waals surface area contributed by atoms with Crippen LogP contribution in [0.3, 0.4) is 0 Å². The van der Waals surface area contributed by atoms with Crippen LogP contribution in [0.25, 0.3) is 11.4 Å². The molecule has 2 amide bonds. The lowest BCUT2D eigenvalue weighted by Gasteiger charge is -2.14. The molecule has 1 aliphatic heterocycles. The van der Waals surface area contributed by atoms with E-state index in [1.165, 1.54) is 16.7 Å². The van der Waals surface area contributed by atoms with Crippen molar-refractivity contribution in [3.05, 3.63) is 101 Å². The maximum Gasteiger partial charge on any atom is 0.261 e. The van der Waals surface area contributed by atoms with Gasteiger partial charge in [-0.25, -0.2) is 0 Å². The predicted molar refractivity (Wildman–Crippen MR) is 129 cm³/mol. The summed E-state index contributed by atoms with van der Waals surface area (Å²) in [4.78, 5) is 26.6. The van der Waals surface area contributed by atoms with Gasteiger partial charge in [0.2, 0.25) is 0 Å². The Kier molecular flexibility index (Phi) is 5.98. The third kappa shape index (κ3) is 4.17. The molecule has 5 rings (SSSR count). The Labute approximate surface area is 200 Å². The molecule has 0 radical (unpaired) electrons. The summed E-state index contributed by atoms with van der Waals surface area (Å²) in [5.74, 6) is 0.672. The molecule has 0 saturated carbocycles. The topological polar surface area (TPSA) is 68.1 Å². The largest absolute Gasteiger partial charge is 0.298 e. The van der Waals surface area contributed by atoms with Gasteiger partial charge in [0, 0.05) is 17.9 Å². The van der Waals surface area contributed by atoms with Crippen molar-refractivity contribution in [3.63, 3.8) is 0 Å². The number of rotatable bonds is 7. The SMILES string of the molecule is O=C1c2ccccc2C(=O)N1CCSc1nnc(-c2ccccc2Cl)n1Cc1ccccc1. The quantitative estimate of drug-likeness (QED) is 0.277. The van der Waals surface area contributed by atoms with E-state index in [4.69, 9.17) is 11.6 Å². The Morgan fingerprint density at radius 2 is 1.36 bits per heavy atom. The van der Waals surface area contributed by atoms with Gasteiger partial charge < -0.3 is 0 Å². The van der Waals surface area contributed by atoms with Crippen molar-refractivity contribution in [1.29, 1.82) is 0 Å². The minimum Gasteiger partial charge on any atom is -0.298 e. The molecule has 1 aliphatic rings. The second-order valence-electron chi connectivity index (χ2n) is 7.51. The summed E-state index contributed by atoms with van der Waals surface area (Å²) in [5, 5.41) is 10.1. The van der Waals surface area contributed by atoms with Crippen LogP contribution >= 0.6 is 23.4 Å². The summed E-state index contributed by atoms with van der Waals surface area (Å²) in [5.41, 5.74) is 2.82. The van der Waals surface area contributed by atoms with E-state index in [-0.39, 0.29) is 18.4 Å². The number of thioether (sulfide) groups is 1. The summed E-state index contributed by atoms with van der Waals surface area (Å²) < 4.78 is 2.02. The number of benzene rings is 3. The van der Waals surface area contributed by atoms with E-state index < -0.39 is 0 Å². The first kappa shape index (κ1) is 21.4. The molecule has 164 valence electrons. The molecule has 0 bridgehead atoms. The van der Waals surface area contributed by atoms with Crippen molar-refractivity contribution in [3.8, 4) is 11.4 Å². The van der Waals surface area contributed by atoms with E-state index in [1.54, 1.807) is 24.3 Å². The smallest absolute Gasteiger partial charge is 0.261 e. The van der Waals surface area contributed by atoms with Gasteiger partial charge in [0.1, 0.15) is 0 Å². The highest BCUT2D eigenvalue weighted by molar-refractivity contribution is 7.99. The van der Waals surface area contributed by atoms with Crippen molar-refractivity contribution >= 4 is 35.2 Å². The van der Waals surface area contributed by atoms with Gasteiger partial charge in [-0.2, -0.15) is 0 Å². The number of aromatic nitrogens is 3. The molecule has 4 aromatic rings. The Morgan fingerprint density at radius 1 is 0.758 bits per heavy atom. The third-order valence-corrected chi connectivity index (χ3v) is 6.72. The van der Waals surface area contributed by atoms with Gasteiger partial charge in [-0.3, -0.25) is 19.1 Å². The molecule has 33 heavy (non-hydrogen) atoms. The second kappa shape index (κ2) is 9.21. The first-order valence-corrected chi connectivity index (χ1v) is 11.8. The van der Waals surface area contributed by atoms with Crippen LogP contribution in [-0.2, 0) is 6.54 Å². The fourth-order valence-electron chi connectivity index (χ4n) is 3.82. The number of fused-ring (bicyclic) bond motifs is 1. The molecule has 3 aromatic carbocycles. The molecule has 6 nitrogen and oxygen atoms in total. The zero-order chi connectivity index (χ0) is 22.8. The fraction of sp³-hybridized carbons (Fsp3) is 0.120. The minimum atomic E-state index is -0.251. The molecule has 8 heteroatoms. The van der Waals surface area contributed by atoms with Crippen LogP contribution in [-0.4, -0.2) is 43.8 Å². The number of carbonyl (C=O) groups excluding carboxylic acids is 2. The average Bonchev–Trinajstić information content (AvgIpc) is 3.34. The molecule has 0 spiro atoms. The normalized spacial score (nSPS) is 12.9. The highest BCUT2D eigenvalue weighted by atomic mass is 35.5. The first-order chi connectivity index (χ1) is 16.1. The van der Waals surface area contributed by atoms with Crippen LogP contribution in [0.4, 0.5) is 0 Å². The molecule has 0 N–H and O–H groups in total. The van der Waals surface area contributed by atoms with E-state index in [0.29, 0.717) is 39.4 Å². The Bertz CT molecular complexity index is 1300. The zero-order valence-electron chi connectivity index (χ0n) is 17.5. The molecule has 0 aliphatic carbocycles. The maximum atomic E-state index is 12.6. The lowest BCUT2D eigenvalue weighted by Crippen LogP contribution is -2.31. The Hall–Kier alpha value is -3.42. The molecule has 0 atom stereocenters. The maximum absolute atomic E-state index is 12.6. The van der Waals surface area contributed by atoms with Gasteiger partial charge in [0.25, 0.3) is 11.8 Å². The standard InChI is InChI=1S/C25H19ClN4O2S/c26-21-13-7-6-12-20(21)22-27-28-25(30(22)16-17-8-2-1-3-9-17)33-15-14-29-23(31)18-10-4-5-11-19(18)24(29)32/h1-13H,14-16H2. The molecule has 0 saturated heterocycles. The number of hydrogen-bond donors (Lipinski definition) is 0. The van der Waals surface area contributed by atoms with Crippen LogP contribution in [0, 0.1) is 0 Å². The van der Waals surface area contributed by atoms with E-state index in [2.05, 4.69) is 10.2 Å². The van der Waals surface area contributed by atoms with E-state index in [0.717, 1.165) is 11.1 Å². The Morgan fingerprint density at radius 3 is 2.03 bits per heavy atom. The number of carbonyl (C=O) groups is 2. The van der Waals surface area contributed by atoms with Gasteiger partial charge in [-0.1, -0.05) is 78.0 Å². The summed E-state index contributed by atoms with van der Waals surface area (Å²) in [6.07, 6.45) is 0. The lowest BCUT2D eigenvalue weighted by atomic mass is 10.1. The highest BCUT2D eigenvalue weighted by Gasteiger charge is 2.34. The fourth-order valence-corrected chi connectivity index (χ4v) is 4.90. The summed E-state index contributed by atoms with van der Waals surface area (Å²) in [7, 11) is 0. The molecule has 0 unspecified atom stereocenters. The van der Waals surface area contributed by atoms with E-state index in [9.17, 15) is 9.59 Å². The number of hydrogen-bond acceptors (Lipinski definition) is 5. The van der Waals surface area contributed by atoms with Crippen molar-refractivity contribution in [2.75, 3.05) is 12.3 Å². The van der Waals surface area contributed by atoms with Gasteiger partial charge in [-0.05, 0) is 29.8 Å². The van der Waals surface area contributed by atoms with Gasteiger partial charge in [0.05, 0.1) is 22.7 Å². The van der Waals surface area contributed by atoms with E-state index >= 15 is 0 Å². The lowest BCUT2D eigenvalue weighted by molar-refractivity contribution is 0.0664. The summed E-state index contributed by atoms with van der Waals surface area (Å²) in [6, 6.07) is 24.5. The Balaban J connectivity index is 1.38. The minimum absolute atomic E-state index is 0.251. The summed E-state index contributed by atoms with van der Waals surface area (Å²) >= 11 is 7.90. The molecule has 0 fully saturated rings. The van der Waals surface area contributed by atoms with Crippen LogP contribution in [0.5, 0.6) is 0 Å². The molecule has 2 heterocycles. The average molecular weight is 475 g/mol. The number of imide groups is 1. The van der Waals surface area contributed by atoms with Crippen LogP contribution in [0.15, 0.2) is 84.0 Å². The predicted octanol–water partition coefficient (Wildman–Crippen LogP) is 5.04. The second-order valence-corrected chi connectivity index (χ2v) is 8.98. The third-order valence-electron chi connectivity index (χ3n) is 5.44. The van der Waals surface area contributed by atoms with Gasteiger partial charge in [-0.15, -0.1) is 10.2 Å².